The zero-order valence-corrected chi connectivity index (χ0v) is 21.3. The average Bonchev–Trinajstić information content (AvgIpc) is 3.71. The molecule has 1 saturated carbocycles. The number of ether oxygens (including phenoxy) is 1. The fraction of sp³-hybridized carbons (Fsp3) is 0.462. The van der Waals surface area contributed by atoms with Crippen LogP contribution in [0.3, 0.4) is 0 Å². The fourth-order valence-electron chi connectivity index (χ4n) is 4.76. The van der Waals surface area contributed by atoms with Crippen LogP contribution in [0.15, 0.2) is 36.4 Å². The number of piperidine rings is 1. The average molecular weight is 511 g/mol. The molecule has 2 fully saturated rings. The van der Waals surface area contributed by atoms with Gasteiger partial charge in [-0.3, -0.25) is 14.3 Å². The standard InChI is InChI=1S/C26H30N4O5S/c1-3-7-22(31)21-16-19(17-27)23(28-25(21)35-2)30-14-10-18(11-15-30)24(32)29-36(33,34)26(12-13-26)20-8-5-4-6-9-20/h4-6,8-9,16,18H,3,7,10-15H2,1-2H3,(H,29,32). The molecule has 1 aromatic carbocycles. The molecule has 1 N–H and O–H groups in total. The van der Waals surface area contributed by atoms with Crippen molar-refractivity contribution in [1.29, 1.82) is 5.26 Å². The Hall–Kier alpha value is -3.45. The number of rotatable bonds is 9. The smallest absolute Gasteiger partial charge is 0.244 e. The van der Waals surface area contributed by atoms with Gasteiger partial charge in [-0.15, -0.1) is 0 Å². The molecular formula is C26H30N4O5S. The van der Waals surface area contributed by atoms with E-state index in [0.717, 1.165) is 0 Å². The van der Waals surface area contributed by atoms with Crippen LogP contribution in [0, 0.1) is 17.2 Å². The molecule has 190 valence electrons. The highest BCUT2D eigenvalue weighted by Gasteiger charge is 2.56. The zero-order valence-electron chi connectivity index (χ0n) is 20.5. The zero-order chi connectivity index (χ0) is 25.9. The van der Waals surface area contributed by atoms with Crippen LogP contribution in [0.25, 0.3) is 0 Å². The molecule has 0 atom stereocenters. The number of sulfonamides is 1. The predicted octanol–water partition coefficient (Wildman–Crippen LogP) is 3.30. The van der Waals surface area contributed by atoms with Crippen molar-refractivity contribution in [3.05, 3.63) is 53.1 Å². The highest BCUT2D eigenvalue weighted by atomic mass is 32.2. The summed E-state index contributed by atoms with van der Waals surface area (Å²) in [6.07, 6.45) is 2.79. The van der Waals surface area contributed by atoms with E-state index in [2.05, 4.69) is 15.8 Å². The Morgan fingerprint density at radius 1 is 1.22 bits per heavy atom. The van der Waals surface area contributed by atoms with Crippen molar-refractivity contribution in [1.82, 2.24) is 9.71 Å². The molecule has 2 aromatic rings. The number of amides is 1. The van der Waals surface area contributed by atoms with E-state index in [-0.39, 0.29) is 22.8 Å². The Labute approximate surface area is 211 Å². The molecule has 2 heterocycles. The fourth-order valence-corrected chi connectivity index (χ4v) is 6.48. The highest BCUT2D eigenvalue weighted by molar-refractivity contribution is 7.91. The van der Waals surface area contributed by atoms with E-state index in [9.17, 15) is 23.3 Å². The molecule has 1 aliphatic heterocycles. The number of benzene rings is 1. The summed E-state index contributed by atoms with van der Waals surface area (Å²) >= 11 is 0. The van der Waals surface area contributed by atoms with Gasteiger partial charge in [-0.2, -0.15) is 10.2 Å². The van der Waals surface area contributed by atoms with Crippen molar-refractivity contribution >= 4 is 27.5 Å². The van der Waals surface area contributed by atoms with Gasteiger partial charge in [0.2, 0.25) is 21.8 Å². The van der Waals surface area contributed by atoms with Crippen LogP contribution < -0.4 is 14.4 Å². The molecule has 2 aliphatic rings. The Morgan fingerprint density at radius 2 is 1.89 bits per heavy atom. The van der Waals surface area contributed by atoms with Crippen LogP contribution >= 0.6 is 0 Å². The molecule has 1 amide bonds. The quantitative estimate of drug-likeness (QED) is 0.509. The lowest BCUT2D eigenvalue weighted by atomic mass is 9.96. The summed E-state index contributed by atoms with van der Waals surface area (Å²) in [5, 5.41) is 9.69. The van der Waals surface area contributed by atoms with Crippen LogP contribution in [-0.4, -0.2) is 45.3 Å². The predicted molar refractivity (Wildman–Crippen MR) is 134 cm³/mol. The van der Waals surface area contributed by atoms with E-state index in [1.54, 1.807) is 24.3 Å². The van der Waals surface area contributed by atoms with Gasteiger partial charge in [-0.05, 0) is 43.7 Å². The van der Waals surface area contributed by atoms with E-state index in [0.29, 0.717) is 63.0 Å². The number of aromatic nitrogens is 1. The monoisotopic (exact) mass is 510 g/mol. The summed E-state index contributed by atoms with van der Waals surface area (Å²) in [5.74, 6) is -0.534. The van der Waals surface area contributed by atoms with Crippen LogP contribution in [0.1, 0.15) is 66.9 Å². The molecule has 0 bridgehead atoms. The van der Waals surface area contributed by atoms with Gasteiger partial charge in [-0.1, -0.05) is 37.3 Å². The lowest BCUT2D eigenvalue weighted by Gasteiger charge is -2.33. The van der Waals surface area contributed by atoms with Gasteiger partial charge in [0.25, 0.3) is 0 Å². The number of ketones is 1. The molecule has 1 aromatic heterocycles. The van der Waals surface area contributed by atoms with E-state index in [1.165, 1.54) is 13.2 Å². The summed E-state index contributed by atoms with van der Waals surface area (Å²) in [6.45, 7) is 2.72. The normalized spacial score (nSPS) is 17.2. The van der Waals surface area contributed by atoms with Crippen molar-refractivity contribution in [3.8, 4) is 11.9 Å². The topological polar surface area (TPSA) is 129 Å². The van der Waals surface area contributed by atoms with Gasteiger partial charge in [0.05, 0.1) is 18.2 Å². The molecule has 10 heteroatoms. The number of pyridine rings is 1. The number of hydrogen-bond donors (Lipinski definition) is 1. The second-order valence-electron chi connectivity index (χ2n) is 9.29. The Bertz CT molecular complexity index is 1290. The molecule has 9 nitrogen and oxygen atoms in total. The molecule has 1 aliphatic carbocycles. The van der Waals surface area contributed by atoms with Crippen LogP contribution in [-0.2, 0) is 19.6 Å². The second kappa shape index (κ2) is 10.3. The summed E-state index contributed by atoms with van der Waals surface area (Å²) in [7, 11) is -2.44. The van der Waals surface area contributed by atoms with E-state index < -0.39 is 26.6 Å². The third-order valence-electron chi connectivity index (χ3n) is 6.98. The number of methoxy groups -OCH3 is 1. The molecule has 0 spiro atoms. The van der Waals surface area contributed by atoms with Crippen molar-refractivity contribution in [2.45, 2.75) is 50.2 Å². The summed E-state index contributed by atoms with van der Waals surface area (Å²) < 4.78 is 32.9. The van der Waals surface area contributed by atoms with E-state index >= 15 is 0 Å². The van der Waals surface area contributed by atoms with Crippen molar-refractivity contribution in [2.24, 2.45) is 5.92 Å². The molecule has 36 heavy (non-hydrogen) atoms. The first-order chi connectivity index (χ1) is 17.3. The minimum atomic E-state index is -3.87. The Balaban J connectivity index is 1.45. The van der Waals surface area contributed by atoms with E-state index in [4.69, 9.17) is 4.74 Å². The molecule has 0 unspecified atom stereocenters. The third kappa shape index (κ3) is 4.80. The number of carbonyl (C=O) groups is 2. The summed E-state index contributed by atoms with van der Waals surface area (Å²) in [4.78, 5) is 31.7. The SMILES string of the molecule is CCCC(=O)c1cc(C#N)c(N2CCC(C(=O)NS(=O)(=O)C3(c4ccccc4)CC3)CC2)nc1OC. The summed E-state index contributed by atoms with van der Waals surface area (Å²) in [6, 6.07) is 12.6. The van der Waals surface area contributed by atoms with Crippen LogP contribution in [0.4, 0.5) is 5.82 Å². The van der Waals surface area contributed by atoms with Crippen molar-refractivity contribution in [3.63, 3.8) is 0 Å². The van der Waals surface area contributed by atoms with Gasteiger partial charge in [0, 0.05) is 25.4 Å². The first kappa shape index (κ1) is 25.6. The number of nitrogens with zero attached hydrogens (tertiary/aromatic N) is 3. The largest absolute Gasteiger partial charge is 0.480 e. The van der Waals surface area contributed by atoms with Gasteiger partial charge in [0.1, 0.15) is 10.8 Å². The number of Topliss-reactive ketones (excluding diaryl/α,β-unsaturated/α-hetero) is 1. The maximum absolute atomic E-state index is 13.1. The first-order valence-electron chi connectivity index (χ1n) is 12.2. The van der Waals surface area contributed by atoms with Crippen LogP contribution in [0.2, 0.25) is 0 Å². The van der Waals surface area contributed by atoms with Crippen molar-refractivity contribution < 1.29 is 22.7 Å². The molecular weight excluding hydrogens is 480 g/mol. The first-order valence-corrected chi connectivity index (χ1v) is 13.6. The van der Waals surface area contributed by atoms with Gasteiger partial charge < -0.3 is 9.64 Å². The van der Waals surface area contributed by atoms with Crippen LogP contribution in [0.5, 0.6) is 5.88 Å². The van der Waals surface area contributed by atoms with E-state index in [1.807, 2.05) is 17.9 Å². The minimum Gasteiger partial charge on any atom is -0.480 e. The third-order valence-corrected chi connectivity index (χ3v) is 9.12. The maximum Gasteiger partial charge on any atom is 0.244 e. The lowest BCUT2D eigenvalue weighted by Crippen LogP contribution is -2.45. The lowest BCUT2D eigenvalue weighted by molar-refractivity contribution is -0.123. The number of nitriles is 1. The highest BCUT2D eigenvalue weighted by Crippen LogP contribution is 2.52. The van der Waals surface area contributed by atoms with Gasteiger partial charge in [0.15, 0.2) is 11.6 Å². The molecule has 1 saturated heterocycles. The number of carbonyl (C=O) groups excluding carboxylic acids is 2. The number of anilines is 1. The molecule has 4 rings (SSSR count). The molecule has 0 radical (unpaired) electrons. The second-order valence-corrected chi connectivity index (χ2v) is 11.3. The van der Waals surface area contributed by atoms with Crippen molar-refractivity contribution in [2.75, 3.05) is 25.1 Å². The Kier molecular flexibility index (Phi) is 7.31. The number of hydrogen-bond acceptors (Lipinski definition) is 8. The minimum absolute atomic E-state index is 0.134. The number of nitrogens with one attached hydrogen (secondary N) is 1. The summed E-state index contributed by atoms with van der Waals surface area (Å²) in [5.41, 5.74) is 1.25. The maximum atomic E-state index is 13.1. The Morgan fingerprint density at radius 3 is 2.44 bits per heavy atom. The van der Waals surface area contributed by atoms with Gasteiger partial charge >= 0.3 is 0 Å². The van der Waals surface area contributed by atoms with Gasteiger partial charge in [-0.25, -0.2) is 8.42 Å².